The van der Waals surface area contributed by atoms with Crippen LogP contribution in [0.4, 0.5) is 0 Å². The van der Waals surface area contributed by atoms with Gasteiger partial charge >= 0.3 is 5.97 Å². The molecule has 0 spiro atoms. The zero-order valence-electron chi connectivity index (χ0n) is 13.2. The molecule has 4 nitrogen and oxygen atoms in total. The van der Waals surface area contributed by atoms with Gasteiger partial charge < -0.3 is 4.74 Å². The molecule has 1 aromatic carbocycles. The molecule has 0 aliphatic carbocycles. The molecular weight excluding hydrogens is 336 g/mol. The van der Waals surface area contributed by atoms with Gasteiger partial charge in [-0.25, -0.2) is 9.78 Å². The number of methoxy groups -OCH3 is 1. The first kappa shape index (κ1) is 18.1. The van der Waals surface area contributed by atoms with Crippen LogP contribution < -0.4 is 0 Å². The third kappa shape index (κ3) is 5.41. The minimum absolute atomic E-state index is 0.0112. The van der Waals surface area contributed by atoms with Crippen LogP contribution in [0.5, 0.6) is 0 Å². The van der Waals surface area contributed by atoms with E-state index in [2.05, 4.69) is 41.6 Å². The van der Waals surface area contributed by atoms with Gasteiger partial charge in [-0.1, -0.05) is 54.9 Å². The van der Waals surface area contributed by atoms with Crippen LogP contribution in [0.2, 0.25) is 0 Å². The fraction of sp³-hybridized carbons (Fsp3) is 0.562. The lowest BCUT2D eigenvalue weighted by Crippen LogP contribution is -2.21. The number of hydrogen-bond acceptors (Lipinski definition) is 4. The molecule has 0 fully saturated rings. The summed E-state index contributed by atoms with van der Waals surface area (Å²) in [6.45, 7) is 6.63. The first-order valence-electron chi connectivity index (χ1n) is 6.81. The zero-order chi connectivity index (χ0) is 16.0. The van der Waals surface area contributed by atoms with E-state index in [0.717, 1.165) is 15.6 Å². The third-order valence-electron chi connectivity index (χ3n) is 3.12. The van der Waals surface area contributed by atoms with Crippen molar-refractivity contribution in [3.05, 3.63) is 33.8 Å². The second-order valence-electron chi connectivity index (χ2n) is 6.09. The highest BCUT2D eigenvalue weighted by Crippen LogP contribution is 2.37. The Bertz CT molecular complexity index is 480. The van der Waals surface area contributed by atoms with Crippen LogP contribution in [0.25, 0.3) is 0 Å². The minimum Gasteiger partial charge on any atom is -0.469 e. The van der Waals surface area contributed by atoms with E-state index in [1.165, 1.54) is 14.2 Å². The molecule has 0 aliphatic heterocycles. The Morgan fingerprint density at radius 2 is 1.95 bits per heavy atom. The summed E-state index contributed by atoms with van der Waals surface area (Å²) < 4.78 is 5.84. The molecule has 0 saturated carbocycles. The molecule has 1 unspecified atom stereocenters. The van der Waals surface area contributed by atoms with Crippen LogP contribution in [0.3, 0.4) is 0 Å². The number of benzene rings is 1. The molecule has 5 heteroatoms. The molecule has 1 aromatic rings. The van der Waals surface area contributed by atoms with Crippen LogP contribution in [0, 0.1) is 5.41 Å². The normalized spacial score (nSPS) is 13.0. The maximum atomic E-state index is 12.2. The van der Waals surface area contributed by atoms with Gasteiger partial charge in [0.1, 0.15) is 6.61 Å². The SMILES string of the molecule is COOCc1cccc(C(CC(C)(C)C)C(=O)OC)c1Br. The summed E-state index contributed by atoms with van der Waals surface area (Å²) in [6.07, 6.45) is 0.701. The van der Waals surface area contributed by atoms with E-state index in [0.29, 0.717) is 13.0 Å². The van der Waals surface area contributed by atoms with Gasteiger partial charge in [0.25, 0.3) is 0 Å². The Balaban J connectivity index is 3.15. The maximum absolute atomic E-state index is 12.2. The van der Waals surface area contributed by atoms with Crippen LogP contribution in [0.15, 0.2) is 22.7 Å². The molecule has 1 rings (SSSR count). The lowest BCUT2D eigenvalue weighted by molar-refractivity contribution is -0.282. The van der Waals surface area contributed by atoms with Gasteiger partial charge in [0.2, 0.25) is 0 Å². The van der Waals surface area contributed by atoms with Crippen molar-refractivity contribution in [1.29, 1.82) is 0 Å². The van der Waals surface area contributed by atoms with E-state index in [-0.39, 0.29) is 17.3 Å². The highest BCUT2D eigenvalue weighted by Gasteiger charge is 2.29. The van der Waals surface area contributed by atoms with Crippen molar-refractivity contribution >= 4 is 21.9 Å². The Labute approximate surface area is 134 Å². The largest absolute Gasteiger partial charge is 0.469 e. The molecule has 0 heterocycles. The van der Waals surface area contributed by atoms with Crippen LogP contribution in [-0.4, -0.2) is 20.2 Å². The van der Waals surface area contributed by atoms with Gasteiger partial charge in [-0.05, 0) is 23.0 Å². The summed E-state index contributed by atoms with van der Waals surface area (Å²) in [5.74, 6) is -0.540. The number of carbonyl (C=O) groups is 1. The van der Waals surface area contributed by atoms with Gasteiger partial charge in [0.15, 0.2) is 0 Å². The molecule has 0 N–H and O–H groups in total. The van der Waals surface area contributed by atoms with Crippen molar-refractivity contribution in [2.24, 2.45) is 5.41 Å². The fourth-order valence-corrected chi connectivity index (χ4v) is 2.83. The van der Waals surface area contributed by atoms with Crippen LogP contribution in [-0.2, 0) is 25.9 Å². The first-order chi connectivity index (χ1) is 9.80. The summed E-state index contributed by atoms with van der Waals surface area (Å²) in [6, 6.07) is 5.78. The number of esters is 1. The highest BCUT2D eigenvalue weighted by molar-refractivity contribution is 9.10. The monoisotopic (exact) mass is 358 g/mol. The first-order valence-corrected chi connectivity index (χ1v) is 7.60. The number of carbonyl (C=O) groups excluding carboxylic acids is 1. The summed E-state index contributed by atoms with van der Waals surface area (Å²) in [4.78, 5) is 21.8. The van der Waals surface area contributed by atoms with E-state index < -0.39 is 0 Å². The molecule has 21 heavy (non-hydrogen) atoms. The molecule has 0 aromatic heterocycles. The van der Waals surface area contributed by atoms with Crippen LogP contribution >= 0.6 is 15.9 Å². The van der Waals surface area contributed by atoms with Crippen molar-refractivity contribution in [2.45, 2.75) is 39.7 Å². The number of rotatable bonds is 6. The maximum Gasteiger partial charge on any atom is 0.313 e. The summed E-state index contributed by atoms with van der Waals surface area (Å²) >= 11 is 3.57. The van der Waals surface area contributed by atoms with E-state index in [9.17, 15) is 4.79 Å². The van der Waals surface area contributed by atoms with Gasteiger partial charge in [-0.15, -0.1) is 0 Å². The standard InChI is InChI=1S/C16H23BrO4/c1-16(2,3)9-13(15(18)19-4)12-8-6-7-11(14(12)17)10-21-20-5/h6-8,13H,9-10H2,1-5H3. The molecule has 1 atom stereocenters. The quantitative estimate of drug-likeness (QED) is 0.433. The Morgan fingerprint density at radius 3 is 2.48 bits per heavy atom. The van der Waals surface area contributed by atoms with Crippen molar-refractivity contribution in [1.82, 2.24) is 0 Å². The second kappa shape index (κ2) is 7.92. The van der Waals surface area contributed by atoms with Gasteiger partial charge in [0, 0.05) is 4.47 Å². The average molecular weight is 359 g/mol. The number of hydrogen-bond donors (Lipinski definition) is 0. The molecule has 0 aliphatic rings. The second-order valence-corrected chi connectivity index (χ2v) is 6.88. The molecule has 0 radical (unpaired) electrons. The number of halogens is 1. The van der Waals surface area contributed by atoms with E-state index in [1.54, 1.807) is 0 Å². The molecule has 0 bridgehead atoms. The van der Waals surface area contributed by atoms with E-state index in [4.69, 9.17) is 9.62 Å². The van der Waals surface area contributed by atoms with Crippen LogP contribution in [0.1, 0.15) is 44.2 Å². The third-order valence-corrected chi connectivity index (χ3v) is 4.09. The Kier molecular flexibility index (Phi) is 6.84. The summed E-state index contributed by atoms with van der Waals surface area (Å²) in [5, 5.41) is 0. The lowest BCUT2D eigenvalue weighted by Gasteiger charge is -2.25. The molecule has 0 saturated heterocycles. The summed E-state index contributed by atoms with van der Waals surface area (Å²) in [7, 11) is 2.89. The lowest BCUT2D eigenvalue weighted by atomic mass is 9.81. The van der Waals surface area contributed by atoms with Gasteiger partial charge in [0.05, 0.1) is 20.1 Å². The topological polar surface area (TPSA) is 44.8 Å². The van der Waals surface area contributed by atoms with Crippen molar-refractivity contribution in [3.8, 4) is 0 Å². The van der Waals surface area contributed by atoms with Crippen molar-refractivity contribution < 1.29 is 19.3 Å². The molecule has 0 amide bonds. The predicted molar refractivity (Wildman–Crippen MR) is 84.8 cm³/mol. The molecular formula is C16H23BrO4. The zero-order valence-corrected chi connectivity index (χ0v) is 14.8. The van der Waals surface area contributed by atoms with E-state index >= 15 is 0 Å². The van der Waals surface area contributed by atoms with Crippen molar-refractivity contribution in [2.75, 3.05) is 14.2 Å². The number of ether oxygens (including phenoxy) is 1. The van der Waals surface area contributed by atoms with E-state index in [1.807, 2.05) is 18.2 Å². The minimum atomic E-state index is -0.313. The Morgan fingerprint density at radius 1 is 1.29 bits per heavy atom. The predicted octanol–water partition coefficient (Wildman–Crippen LogP) is 4.22. The van der Waals surface area contributed by atoms with Crippen molar-refractivity contribution in [3.63, 3.8) is 0 Å². The Hall–Kier alpha value is -0.910. The smallest absolute Gasteiger partial charge is 0.313 e. The summed E-state index contributed by atoms with van der Waals surface area (Å²) in [5.41, 5.74) is 1.85. The average Bonchev–Trinajstić information content (AvgIpc) is 2.42. The highest BCUT2D eigenvalue weighted by atomic mass is 79.9. The van der Waals surface area contributed by atoms with Gasteiger partial charge in [-0.2, -0.15) is 0 Å². The fourth-order valence-electron chi connectivity index (χ4n) is 2.18. The van der Waals surface area contributed by atoms with Gasteiger partial charge in [-0.3, -0.25) is 4.79 Å². The molecule has 118 valence electrons.